The van der Waals surface area contributed by atoms with Crippen molar-refractivity contribution in [1.29, 1.82) is 0 Å². The van der Waals surface area contributed by atoms with Crippen molar-refractivity contribution in [1.82, 2.24) is 0 Å². The van der Waals surface area contributed by atoms with E-state index in [2.05, 4.69) is 39.8 Å². The van der Waals surface area contributed by atoms with E-state index in [0.717, 1.165) is 30.6 Å². The summed E-state index contributed by atoms with van der Waals surface area (Å²) in [7, 11) is 0. The SMILES string of the molecule is C/C1=C/CC2C(C(C)C)CCC2(C)/C=C2\C1CCC2(C)O. The zero-order valence-electron chi connectivity index (χ0n) is 14.4. The van der Waals surface area contributed by atoms with Gasteiger partial charge in [0.05, 0.1) is 5.60 Å². The third-order valence-corrected chi connectivity index (χ3v) is 6.88. The van der Waals surface area contributed by atoms with Crippen LogP contribution < -0.4 is 0 Å². The Kier molecular flexibility index (Phi) is 3.64. The Balaban J connectivity index is 2.05. The van der Waals surface area contributed by atoms with Crippen LogP contribution in [0.2, 0.25) is 0 Å². The van der Waals surface area contributed by atoms with E-state index in [1.165, 1.54) is 30.4 Å². The average Bonchev–Trinajstić information content (AvgIpc) is 2.84. The molecule has 0 bridgehead atoms. The van der Waals surface area contributed by atoms with Gasteiger partial charge in [-0.05, 0) is 74.7 Å². The van der Waals surface area contributed by atoms with Crippen LogP contribution in [0.5, 0.6) is 0 Å². The van der Waals surface area contributed by atoms with Gasteiger partial charge >= 0.3 is 0 Å². The first-order valence-corrected chi connectivity index (χ1v) is 8.87. The van der Waals surface area contributed by atoms with Gasteiger partial charge in [0, 0.05) is 5.92 Å². The highest BCUT2D eigenvalue weighted by atomic mass is 16.3. The summed E-state index contributed by atoms with van der Waals surface area (Å²) < 4.78 is 0. The van der Waals surface area contributed by atoms with E-state index in [1.54, 1.807) is 0 Å². The lowest BCUT2D eigenvalue weighted by Gasteiger charge is -2.37. The lowest BCUT2D eigenvalue weighted by Crippen LogP contribution is -2.31. The molecule has 3 rings (SSSR count). The van der Waals surface area contributed by atoms with Gasteiger partial charge in [-0.1, -0.05) is 38.5 Å². The second-order valence-electron chi connectivity index (χ2n) is 8.71. The van der Waals surface area contributed by atoms with Crippen LogP contribution in [-0.4, -0.2) is 10.7 Å². The smallest absolute Gasteiger partial charge is 0.0835 e. The van der Waals surface area contributed by atoms with Gasteiger partial charge < -0.3 is 5.11 Å². The molecule has 1 heteroatoms. The molecule has 0 saturated heterocycles. The van der Waals surface area contributed by atoms with Gasteiger partial charge in [0.15, 0.2) is 0 Å². The van der Waals surface area contributed by atoms with E-state index in [1.807, 2.05) is 6.92 Å². The molecule has 0 aromatic carbocycles. The highest BCUT2D eigenvalue weighted by Crippen LogP contribution is 2.56. The van der Waals surface area contributed by atoms with Gasteiger partial charge in [0.1, 0.15) is 0 Å². The van der Waals surface area contributed by atoms with Crippen molar-refractivity contribution < 1.29 is 5.11 Å². The van der Waals surface area contributed by atoms with Crippen LogP contribution >= 0.6 is 0 Å². The summed E-state index contributed by atoms with van der Waals surface area (Å²) in [5, 5.41) is 10.8. The van der Waals surface area contributed by atoms with Crippen LogP contribution in [0.25, 0.3) is 0 Å². The van der Waals surface area contributed by atoms with E-state index in [-0.39, 0.29) is 5.41 Å². The van der Waals surface area contributed by atoms with Crippen molar-refractivity contribution in [2.45, 2.75) is 72.3 Å². The molecule has 3 aliphatic carbocycles. The maximum atomic E-state index is 10.8. The Bertz CT molecular complexity index is 482. The molecule has 0 amide bonds. The van der Waals surface area contributed by atoms with Crippen LogP contribution in [0.15, 0.2) is 23.3 Å². The van der Waals surface area contributed by atoms with Gasteiger partial charge in [-0.3, -0.25) is 0 Å². The lowest BCUT2D eigenvalue weighted by molar-refractivity contribution is 0.102. The van der Waals surface area contributed by atoms with Crippen molar-refractivity contribution in [2.75, 3.05) is 0 Å². The molecule has 0 aromatic rings. The Morgan fingerprint density at radius 3 is 2.57 bits per heavy atom. The van der Waals surface area contributed by atoms with Gasteiger partial charge in [0.2, 0.25) is 0 Å². The number of hydrogen-bond acceptors (Lipinski definition) is 1. The molecular formula is C20H32O. The molecule has 1 nitrogen and oxygen atoms in total. The molecule has 2 fully saturated rings. The number of aliphatic hydroxyl groups is 1. The molecule has 0 radical (unpaired) electrons. The Labute approximate surface area is 130 Å². The minimum atomic E-state index is -0.583. The number of hydrogen-bond donors (Lipinski definition) is 1. The fourth-order valence-corrected chi connectivity index (χ4v) is 5.41. The zero-order chi connectivity index (χ0) is 15.4. The normalized spacial score (nSPS) is 51.5. The summed E-state index contributed by atoms with van der Waals surface area (Å²) in [5.41, 5.74) is 2.53. The molecule has 5 atom stereocenters. The van der Waals surface area contributed by atoms with Gasteiger partial charge in [-0.2, -0.15) is 0 Å². The Morgan fingerprint density at radius 1 is 1.19 bits per heavy atom. The van der Waals surface area contributed by atoms with Crippen molar-refractivity contribution in [3.8, 4) is 0 Å². The summed E-state index contributed by atoms with van der Waals surface area (Å²) >= 11 is 0. The molecule has 3 aliphatic rings. The molecule has 118 valence electrons. The second-order valence-corrected chi connectivity index (χ2v) is 8.71. The van der Waals surface area contributed by atoms with Gasteiger partial charge in [0.25, 0.3) is 0 Å². The molecule has 0 aromatic heterocycles. The summed E-state index contributed by atoms with van der Waals surface area (Å²) in [5.74, 6) is 2.84. The first-order chi connectivity index (χ1) is 9.74. The van der Waals surface area contributed by atoms with Crippen molar-refractivity contribution in [3.63, 3.8) is 0 Å². The van der Waals surface area contributed by atoms with E-state index in [9.17, 15) is 5.11 Å². The molecule has 1 N–H and O–H groups in total. The lowest BCUT2D eigenvalue weighted by atomic mass is 9.68. The Morgan fingerprint density at radius 2 is 1.90 bits per heavy atom. The maximum absolute atomic E-state index is 10.8. The van der Waals surface area contributed by atoms with E-state index < -0.39 is 5.60 Å². The third-order valence-electron chi connectivity index (χ3n) is 6.88. The number of rotatable bonds is 1. The van der Waals surface area contributed by atoms with Crippen molar-refractivity contribution in [3.05, 3.63) is 23.3 Å². The first kappa shape index (κ1) is 15.3. The molecule has 5 unspecified atom stereocenters. The molecule has 0 heterocycles. The predicted octanol–water partition coefficient (Wildman–Crippen LogP) is 5.11. The second kappa shape index (κ2) is 4.98. The summed E-state index contributed by atoms with van der Waals surface area (Å²) in [6.45, 7) is 11.5. The fourth-order valence-electron chi connectivity index (χ4n) is 5.41. The standard InChI is InChI=1S/C20H32O/c1-13(2)15-8-10-19(4)12-18-16(9-11-20(18,5)21)14(3)6-7-17(15)19/h6,12-13,15-17,21H,7-11H2,1-5H3/b14-6-,18-12+. The van der Waals surface area contributed by atoms with E-state index >= 15 is 0 Å². The van der Waals surface area contributed by atoms with Gasteiger partial charge in [-0.15, -0.1) is 0 Å². The third kappa shape index (κ3) is 2.42. The highest BCUT2D eigenvalue weighted by Gasteiger charge is 2.48. The molecule has 2 saturated carbocycles. The number of allylic oxidation sites excluding steroid dienone is 3. The number of fused-ring (bicyclic) bond motifs is 2. The van der Waals surface area contributed by atoms with Crippen LogP contribution in [0.4, 0.5) is 0 Å². The largest absolute Gasteiger partial charge is 0.386 e. The average molecular weight is 288 g/mol. The first-order valence-electron chi connectivity index (χ1n) is 8.87. The van der Waals surface area contributed by atoms with Crippen molar-refractivity contribution >= 4 is 0 Å². The monoisotopic (exact) mass is 288 g/mol. The quantitative estimate of drug-likeness (QED) is 0.665. The Hall–Kier alpha value is -0.560. The molecule has 0 aliphatic heterocycles. The van der Waals surface area contributed by atoms with Crippen LogP contribution in [0.3, 0.4) is 0 Å². The summed E-state index contributed by atoms with van der Waals surface area (Å²) in [4.78, 5) is 0. The highest BCUT2D eigenvalue weighted by molar-refractivity contribution is 5.35. The van der Waals surface area contributed by atoms with Gasteiger partial charge in [-0.25, -0.2) is 0 Å². The molecule has 21 heavy (non-hydrogen) atoms. The summed E-state index contributed by atoms with van der Waals surface area (Å²) in [6.07, 6.45) is 10.9. The molecule has 0 spiro atoms. The topological polar surface area (TPSA) is 20.2 Å². The fraction of sp³-hybridized carbons (Fsp3) is 0.800. The van der Waals surface area contributed by atoms with E-state index in [4.69, 9.17) is 0 Å². The van der Waals surface area contributed by atoms with Crippen molar-refractivity contribution in [2.24, 2.45) is 29.1 Å². The minimum Gasteiger partial charge on any atom is -0.386 e. The van der Waals surface area contributed by atoms with Crippen LogP contribution in [0, 0.1) is 29.1 Å². The zero-order valence-corrected chi connectivity index (χ0v) is 14.4. The maximum Gasteiger partial charge on any atom is 0.0835 e. The summed E-state index contributed by atoms with van der Waals surface area (Å²) in [6, 6.07) is 0. The minimum absolute atomic E-state index is 0.286. The molecular weight excluding hydrogens is 256 g/mol. The van der Waals surface area contributed by atoms with Crippen LogP contribution in [0.1, 0.15) is 66.7 Å². The predicted molar refractivity (Wildman–Crippen MR) is 89.0 cm³/mol. The van der Waals surface area contributed by atoms with Crippen LogP contribution in [-0.2, 0) is 0 Å². The van der Waals surface area contributed by atoms with E-state index in [0.29, 0.717) is 5.92 Å².